The molecule has 4 nitrogen and oxygen atoms in total. The van der Waals surface area contributed by atoms with Gasteiger partial charge in [-0.15, -0.1) is 0 Å². The van der Waals surface area contributed by atoms with Crippen molar-refractivity contribution in [2.45, 2.75) is 30.8 Å². The summed E-state index contributed by atoms with van der Waals surface area (Å²) in [7, 11) is -3.54. The Morgan fingerprint density at radius 1 is 1.26 bits per heavy atom. The fourth-order valence-electron chi connectivity index (χ4n) is 2.35. The van der Waals surface area contributed by atoms with Gasteiger partial charge in [-0.3, -0.25) is 0 Å². The summed E-state index contributed by atoms with van der Waals surface area (Å²) in [5.74, 6) is -0.300. The summed E-state index contributed by atoms with van der Waals surface area (Å²) in [5, 5.41) is 9.50. The van der Waals surface area contributed by atoms with Gasteiger partial charge in [0.25, 0.3) is 0 Å². The number of aliphatic hydroxyl groups excluding tert-OH is 1. The van der Waals surface area contributed by atoms with E-state index in [1.165, 1.54) is 16.4 Å². The zero-order valence-corrected chi connectivity index (χ0v) is 11.6. The lowest BCUT2D eigenvalue weighted by Crippen LogP contribution is -2.40. The highest BCUT2D eigenvalue weighted by molar-refractivity contribution is 7.89. The molecule has 6 heteroatoms. The fraction of sp³-hybridized carbons (Fsp3) is 0.538. The van der Waals surface area contributed by atoms with Gasteiger partial charge in [-0.2, -0.15) is 4.31 Å². The number of piperidine rings is 1. The average Bonchev–Trinajstić information content (AvgIpc) is 2.39. The van der Waals surface area contributed by atoms with Crippen LogP contribution in [0, 0.1) is 11.7 Å². The third kappa shape index (κ3) is 3.13. The fourth-order valence-corrected chi connectivity index (χ4v) is 3.82. The minimum absolute atomic E-state index is 0.115. The number of halogens is 1. The predicted molar refractivity (Wildman–Crippen MR) is 69.6 cm³/mol. The van der Waals surface area contributed by atoms with Crippen LogP contribution >= 0.6 is 0 Å². The van der Waals surface area contributed by atoms with Gasteiger partial charge in [-0.1, -0.05) is 0 Å². The van der Waals surface area contributed by atoms with Crippen molar-refractivity contribution in [2.24, 2.45) is 5.92 Å². The van der Waals surface area contributed by atoms with Gasteiger partial charge in [0.15, 0.2) is 0 Å². The van der Waals surface area contributed by atoms with Gasteiger partial charge in [-0.05, 0) is 49.9 Å². The Labute approximate surface area is 112 Å². The van der Waals surface area contributed by atoms with Crippen molar-refractivity contribution in [2.75, 3.05) is 13.1 Å². The second-order valence-corrected chi connectivity index (χ2v) is 6.87. The van der Waals surface area contributed by atoms with Crippen LogP contribution in [0.1, 0.15) is 19.8 Å². The van der Waals surface area contributed by atoms with Crippen LogP contribution in [0.3, 0.4) is 0 Å². The Kier molecular flexibility index (Phi) is 4.23. The second kappa shape index (κ2) is 5.56. The van der Waals surface area contributed by atoms with Crippen LogP contribution in [0.5, 0.6) is 0 Å². The first kappa shape index (κ1) is 14.4. The summed E-state index contributed by atoms with van der Waals surface area (Å²) >= 11 is 0. The number of hydrogen-bond donors (Lipinski definition) is 1. The highest BCUT2D eigenvalue weighted by Gasteiger charge is 2.30. The van der Waals surface area contributed by atoms with Crippen molar-refractivity contribution in [3.8, 4) is 0 Å². The van der Waals surface area contributed by atoms with Crippen LogP contribution in [-0.4, -0.2) is 37.0 Å². The van der Waals surface area contributed by atoms with E-state index in [1.807, 2.05) is 0 Å². The highest BCUT2D eigenvalue weighted by Crippen LogP contribution is 2.25. The van der Waals surface area contributed by atoms with Crippen molar-refractivity contribution < 1.29 is 17.9 Å². The quantitative estimate of drug-likeness (QED) is 0.919. The van der Waals surface area contributed by atoms with E-state index in [-0.39, 0.29) is 10.8 Å². The van der Waals surface area contributed by atoms with Gasteiger partial charge in [0.1, 0.15) is 5.82 Å². The van der Waals surface area contributed by atoms with E-state index >= 15 is 0 Å². The monoisotopic (exact) mass is 287 g/mol. The molecule has 1 fully saturated rings. The van der Waals surface area contributed by atoms with Crippen molar-refractivity contribution in [1.29, 1.82) is 0 Å². The minimum atomic E-state index is -3.54. The molecule has 2 rings (SSSR count). The van der Waals surface area contributed by atoms with Crippen LogP contribution in [0.25, 0.3) is 0 Å². The van der Waals surface area contributed by atoms with Gasteiger partial charge >= 0.3 is 0 Å². The lowest BCUT2D eigenvalue weighted by atomic mass is 9.93. The Morgan fingerprint density at radius 3 is 2.26 bits per heavy atom. The number of nitrogens with zero attached hydrogens (tertiary/aromatic N) is 1. The van der Waals surface area contributed by atoms with Crippen LogP contribution in [0.15, 0.2) is 29.2 Å². The van der Waals surface area contributed by atoms with E-state index < -0.39 is 21.9 Å². The smallest absolute Gasteiger partial charge is 0.243 e. The third-order valence-electron chi connectivity index (χ3n) is 3.63. The molecule has 0 spiro atoms. The molecule has 19 heavy (non-hydrogen) atoms. The molecule has 1 aromatic carbocycles. The molecule has 1 unspecified atom stereocenters. The van der Waals surface area contributed by atoms with E-state index in [0.717, 1.165) is 12.1 Å². The standard InChI is InChI=1S/C13H18FNO3S/c1-10(16)11-6-8-15(9-7-11)19(17,18)13-4-2-12(14)3-5-13/h2-5,10-11,16H,6-9H2,1H3. The zero-order valence-electron chi connectivity index (χ0n) is 10.8. The number of sulfonamides is 1. The Morgan fingerprint density at radius 2 is 1.79 bits per heavy atom. The molecular weight excluding hydrogens is 269 g/mol. The van der Waals surface area contributed by atoms with Crippen molar-refractivity contribution in [1.82, 2.24) is 4.31 Å². The van der Waals surface area contributed by atoms with Crippen LogP contribution < -0.4 is 0 Å². The summed E-state index contributed by atoms with van der Waals surface area (Å²) in [5.41, 5.74) is 0. The molecule has 0 amide bonds. The number of hydrogen-bond acceptors (Lipinski definition) is 3. The predicted octanol–water partition coefficient (Wildman–Crippen LogP) is 1.61. The van der Waals surface area contributed by atoms with Gasteiger partial charge in [0.05, 0.1) is 11.0 Å². The number of benzene rings is 1. The van der Waals surface area contributed by atoms with E-state index in [1.54, 1.807) is 6.92 Å². The Balaban J connectivity index is 2.12. The first-order valence-electron chi connectivity index (χ1n) is 6.35. The lowest BCUT2D eigenvalue weighted by Gasteiger charge is -2.32. The molecule has 1 N–H and O–H groups in total. The molecule has 0 saturated carbocycles. The molecule has 0 aliphatic carbocycles. The first-order chi connectivity index (χ1) is 8.91. The molecule has 1 heterocycles. The summed E-state index contributed by atoms with van der Waals surface area (Å²) < 4.78 is 38.9. The molecule has 1 saturated heterocycles. The highest BCUT2D eigenvalue weighted by atomic mass is 32.2. The molecule has 1 aliphatic heterocycles. The number of aliphatic hydroxyl groups is 1. The van der Waals surface area contributed by atoms with Crippen molar-refractivity contribution >= 4 is 10.0 Å². The molecule has 0 aromatic heterocycles. The molecule has 106 valence electrons. The summed E-state index contributed by atoms with van der Waals surface area (Å²) in [6.45, 7) is 2.53. The van der Waals surface area contributed by atoms with Gasteiger partial charge in [0.2, 0.25) is 10.0 Å². The maximum atomic E-state index is 12.8. The van der Waals surface area contributed by atoms with Gasteiger partial charge in [-0.25, -0.2) is 12.8 Å². The van der Waals surface area contributed by atoms with E-state index in [0.29, 0.717) is 25.9 Å². The SMILES string of the molecule is CC(O)C1CCN(S(=O)(=O)c2ccc(F)cc2)CC1. The zero-order chi connectivity index (χ0) is 14.0. The second-order valence-electron chi connectivity index (χ2n) is 4.94. The first-order valence-corrected chi connectivity index (χ1v) is 7.79. The summed E-state index contributed by atoms with van der Waals surface area (Å²) in [6, 6.07) is 4.86. The maximum absolute atomic E-state index is 12.8. The third-order valence-corrected chi connectivity index (χ3v) is 5.55. The number of rotatable bonds is 3. The maximum Gasteiger partial charge on any atom is 0.243 e. The summed E-state index contributed by atoms with van der Waals surface area (Å²) in [4.78, 5) is 0.115. The Hall–Kier alpha value is -0.980. The van der Waals surface area contributed by atoms with E-state index in [2.05, 4.69) is 0 Å². The normalized spacial score (nSPS) is 20.4. The molecule has 1 atom stereocenters. The molecule has 0 bridgehead atoms. The van der Waals surface area contributed by atoms with Crippen molar-refractivity contribution in [3.05, 3.63) is 30.1 Å². The Bertz CT molecular complexity index is 519. The topological polar surface area (TPSA) is 57.6 Å². The molecule has 1 aliphatic rings. The van der Waals surface area contributed by atoms with Gasteiger partial charge in [0, 0.05) is 13.1 Å². The molecule has 1 aromatic rings. The van der Waals surface area contributed by atoms with Crippen LogP contribution in [0.2, 0.25) is 0 Å². The van der Waals surface area contributed by atoms with Gasteiger partial charge < -0.3 is 5.11 Å². The lowest BCUT2D eigenvalue weighted by molar-refractivity contribution is 0.0912. The minimum Gasteiger partial charge on any atom is -0.393 e. The summed E-state index contributed by atoms with van der Waals surface area (Å²) in [6.07, 6.45) is 0.895. The van der Waals surface area contributed by atoms with E-state index in [9.17, 15) is 17.9 Å². The molecule has 0 radical (unpaired) electrons. The average molecular weight is 287 g/mol. The van der Waals surface area contributed by atoms with Crippen LogP contribution in [-0.2, 0) is 10.0 Å². The van der Waals surface area contributed by atoms with Crippen molar-refractivity contribution in [3.63, 3.8) is 0 Å². The van der Waals surface area contributed by atoms with E-state index in [4.69, 9.17) is 0 Å². The largest absolute Gasteiger partial charge is 0.393 e. The molecular formula is C13H18FNO3S. The van der Waals surface area contributed by atoms with Crippen LogP contribution in [0.4, 0.5) is 4.39 Å².